The Hall–Kier alpha value is -1.84. The number of hydrogen-bond donors (Lipinski definition) is 2. The third-order valence-electron chi connectivity index (χ3n) is 4.71. The molecule has 24 heavy (non-hydrogen) atoms. The predicted octanol–water partition coefficient (Wildman–Crippen LogP) is 4.02. The third-order valence-corrected chi connectivity index (χ3v) is 4.71. The van der Waals surface area contributed by atoms with Crippen LogP contribution in [-0.4, -0.2) is 23.9 Å². The fourth-order valence-electron chi connectivity index (χ4n) is 1.86. The molecular formula is C20H32N2O2. The van der Waals surface area contributed by atoms with E-state index in [1.165, 1.54) is 0 Å². The molecule has 0 radical (unpaired) electrons. The molecule has 0 unspecified atom stereocenters. The molecule has 0 spiro atoms. The van der Waals surface area contributed by atoms with Crippen LogP contribution < -0.4 is 10.6 Å². The van der Waals surface area contributed by atoms with Gasteiger partial charge in [-0.15, -0.1) is 0 Å². The lowest BCUT2D eigenvalue weighted by atomic mass is 9.87. The van der Waals surface area contributed by atoms with Crippen LogP contribution in [0.4, 0.5) is 0 Å². The highest BCUT2D eigenvalue weighted by molar-refractivity contribution is 6.07. The Labute approximate surface area is 146 Å². The smallest absolute Gasteiger partial charge is 0.252 e. The van der Waals surface area contributed by atoms with E-state index in [1.807, 2.05) is 13.8 Å². The van der Waals surface area contributed by atoms with E-state index in [4.69, 9.17) is 0 Å². The number of benzene rings is 1. The topological polar surface area (TPSA) is 58.2 Å². The van der Waals surface area contributed by atoms with E-state index in [9.17, 15) is 9.59 Å². The van der Waals surface area contributed by atoms with Crippen molar-refractivity contribution in [1.82, 2.24) is 10.6 Å². The monoisotopic (exact) mass is 332 g/mol. The molecule has 0 saturated heterocycles. The van der Waals surface area contributed by atoms with Gasteiger partial charge in [0.25, 0.3) is 11.8 Å². The minimum absolute atomic E-state index is 0.00499. The van der Waals surface area contributed by atoms with Crippen LogP contribution in [0.2, 0.25) is 0 Å². The molecule has 1 aromatic carbocycles. The summed E-state index contributed by atoms with van der Waals surface area (Å²) >= 11 is 0. The number of amides is 2. The van der Waals surface area contributed by atoms with Crippen molar-refractivity contribution in [3.63, 3.8) is 0 Å². The predicted molar refractivity (Wildman–Crippen MR) is 99.2 cm³/mol. The molecule has 4 nitrogen and oxygen atoms in total. The molecule has 0 heterocycles. The maximum Gasteiger partial charge on any atom is 0.252 e. The minimum Gasteiger partial charge on any atom is -0.349 e. The van der Waals surface area contributed by atoms with Gasteiger partial charge in [0.15, 0.2) is 0 Å². The van der Waals surface area contributed by atoms with Crippen molar-refractivity contribution in [3.05, 3.63) is 35.4 Å². The maximum atomic E-state index is 12.6. The summed E-state index contributed by atoms with van der Waals surface area (Å²) in [4.78, 5) is 25.2. The van der Waals surface area contributed by atoms with Gasteiger partial charge in [0.05, 0.1) is 11.1 Å². The van der Waals surface area contributed by atoms with E-state index >= 15 is 0 Å². The lowest BCUT2D eigenvalue weighted by molar-refractivity contribution is 0.0875. The standard InChI is InChI=1S/C20H32N2O2/c1-13(19(3,4)5)21-17(23)15-11-9-10-12-16(15)18(24)22-14(2)20(6,7)8/h9-14H,1-8H3,(H,21,23)(H,22,24)/t13-,14-/m0/s1. The lowest BCUT2D eigenvalue weighted by Crippen LogP contribution is -2.44. The zero-order chi connectivity index (χ0) is 18.7. The number of hydrogen-bond acceptors (Lipinski definition) is 2. The zero-order valence-corrected chi connectivity index (χ0v) is 16.3. The second kappa shape index (κ2) is 7.37. The van der Waals surface area contributed by atoms with Crippen LogP contribution in [0.1, 0.15) is 76.1 Å². The van der Waals surface area contributed by atoms with Crippen LogP contribution in [0.3, 0.4) is 0 Å². The molecule has 0 aliphatic rings. The average Bonchev–Trinajstić information content (AvgIpc) is 2.45. The summed E-state index contributed by atoms with van der Waals surface area (Å²) in [5.74, 6) is -0.432. The summed E-state index contributed by atoms with van der Waals surface area (Å²) in [5, 5.41) is 5.99. The van der Waals surface area contributed by atoms with E-state index in [1.54, 1.807) is 24.3 Å². The van der Waals surface area contributed by atoms with Gasteiger partial charge in [-0.1, -0.05) is 53.7 Å². The van der Waals surface area contributed by atoms with Crippen molar-refractivity contribution in [2.24, 2.45) is 10.8 Å². The Morgan fingerprint density at radius 2 is 1.04 bits per heavy atom. The van der Waals surface area contributed by atoms with Gasteiger partial charge in [-0.3, -0.25) is 9.59 Å². The third kappa shape index (κ3) is 5.36. The second-order valence-corrected chi connectivity index (χ2v) is 8.67. The molecule has 2 N–H and O–H groups in total. The molecule has 0 bridgehead atoms. The average molecular weight is 332 g/mol. The Kier molecular flexibility index (Phi) is 6.20. The molecule has 2 atom stereocenters. The fourth-order valence-corrected chi connectivity index (χ4v) is 1.86. The fraction of sp³-hybridized carbons (Fsp3) is 0.600. The van der Waals surface area contributed by atoms with E-state index in [0.717, 1.165) is 0 Å². The Bertz CT molecular complexity index is 541. The SMILES string of the molecule is C[C@H](NC(=O)c1ccccc1C(=O)N[C@@H](C)C(C)(C)C)C(C)(C)C. The molecule has 0 fully saturated rings. The van der Waals surface area contributed by atoms with Crippen molar-refractivity contribution in [1.29, 1.82) is 0 Å². The zero-order valence-electron chi connectivity index (χ0n) is 16.3. The minimum atomic E-state index is -0.216. The normalized spacial score (nSPS) is 14.7. The van der Waals surface area contributed by atoms with Gasteiger partial charge in [-0.25, -0.2) is 0 Å². The van der Waals surface area contributed by atoms with Crippen molar-refractivity contribution < 1.29 is 9.59 Å². The first-order valence-electron chi connectivity index (χ1n) is 8.54. The van der Waals surface area contributed by atoms with Gasteiger partial charge in [0.2, 0.25) is 0 Å². The van der Waals surface area contributed by atoms with Crippen LogP contribution in [-0.2, 0) is 0 Å². The Morgan fingerprint density at radius 3 is 1.29 bits per heavy atom. The van der Waals surface area contributed by atoms with Crippen molar-refractivity contribution in [2.45, 2.75) is 67.5 Å². The van der Waals surface area contributed by atoms with E-state index in [-0.39, 0.29) is 34.7 Å². The van der Waals surface area contributed by atoms with Gasteiger partial charge in [0, 0.05) is 12.1 Å². The summed E-state index contributed by atoms with van der Waals surface area (Å²) in [6.07, 6.45) is 0. The van der Waals surface area contributed by atoms with Crippen molar-refractivity contribution >= 4 is 11.8 Å². The summed E-state index contributed by atoms with van der Waals surface area (Å²) in [6, 6.07) is 6.94. The number of carbonyl (C=O) groups is 2. The molecule has 4 heteroatoms. The quantitative estimate of drug-likeness (QED) is 0.875. The molecule has 134 valence electrons. The van der Waals surface area contributed by atoms with Crippen LogP contribution in [0.5, 0.6) is 0 Å². The molecule has 2 amide bonds. The number of rotatable bonds is 4. The van der Waals surface area contributed by atoms with E-state index in [0.29, 0.717) is 11.1 Å². The lowest BCUT2D eigenvalue weighted by Gasteiger charge is -2.29. The Morgan fingerprint density at radius 1 is 0.750 bits per heavy atom. The molecule has 1 rings (SSSR count). The first-order chi connectivity index (χ1) is 10.8. The second-order valence-electron chi connectivity index (χ2n) is 8.67. The van der Waals surface area contributed by atoms with Crippen LogP contribution >= 0.6 is 0 Å². The van der Waals surface area contributed by atoms with Crippen LogP contribution in [0, 0.1) is 10.8 Å². The first kappa shape index (κ1) is 20.2. The van der Waals surface area contributed by atoms with Gasteiger partial charge in [-0.2, -0.15) is 0 Å². The highest BCUT2D eigenvalue weighted by atomic mass is 16.2. The highest BCUT2D eigenvalue weighted by Gasteiger charge is 2.26. The maximum absolute atomic E-state index is 12.6. The van der Waals surface area contributed by atoms with Gasteiger partial charge in [0.1, 0.15) is 0 Å². The molecule has 0 aliphatic carbocycles. The molecule has 0 aromatic heterocycles. The van der Waals surface area contributed by atoms with E-state index in [2.05, 4.69) is 52.2 Å². The first-order valence-corrected chi connectivity index (χ1v) is 8.54. The Balaban J connectivity index is 3.00. The van der Waals surface area contributed by atoms with Gasteiger partial charge >= 0.3 is 0 Å². The van der Waals surface area contributed by atoms with Crippen molar-refractivity contribution in [2.75, 3.05) is 0 Å². The van der Waals surface area contributed by atoms with Crippen molar-refractivity contribution in [3.8, 4) is 0 Å². The summed E-state index contributed by atoms with van der Waals surface area (Å²) in [7, 11) is 0. The largest absolute Gasteiger partial charge is 0.349 e. The summed E-state index contributed by atoms with van der Waals surface area (Å²) in [5.41, 5.74) is 0.723. The molecular weight excluding hydrogens is 300 g/mol. The highest BCUT2D eigenvalue weighted by Crippen LogP contribution is 2.21. The van der Waals surface area contributed by atoms with Crippen LogP contribution in [0.25, 0.3) is 0 Å². The number of carbonyl (C=O) groups excluding carboxylic acids is 2. The molecule has 0 saturated carbocycles. The molecule has 0 aliphatic heterocycles. The number of nitrogens with one attached hydrogen (secondary N) is 2. The van der Waals surface area contributed by atoms with Gasteiger partial charge < -0.3 is 10.6 Å². The summed E-state index contributed by atoms with van der Waals surface area (Å²) in [6.45, 7) is 16.4. The van der Waals surface area contributed by atoms with Crippen LogP contribution in [0.15, 0.2) is 24.3 Å². The summed E-state index contributed by atoms with van der Waals surface area (Å²) < 4.78 is 0. The van der Waals surface area contributed by atoms with Gasteiger partial charge in [-0.05, 0) is 36.8 Å². The van der Waals surface area contributed by atoms with E-state index < -0.39 is 0 Å². The molecule has 1 aromatic rings.